The average Bonchev–Trinajstić information content (AvgIpc) is 2.65. The highest BCUT2D eigenvalue weighted by atomic mass is 35.5. The fourth-order valence-corrected chi connectivity index (χ4v) is 2.45. The van der Waals surface area contributed by atoms with E-state index < -0.39 is 0 Å². The standard InChI is InChI=1S/C19H20ClN3O2S/c1-3-10-21-19(26)23-22-12-15-7-5-9-17(24-2)18(15)25-13-14-6-4-8-16(20)11-14/h3-9,11-12H,1,10,13H2,2H3,(H2,21,23,26). The van der Waals surface area contributed by atoms with Gasteiger partial charge < -0.3 is 14.8 Å². The summed E-state index contributed by atoms with van der Waals surface area (Å²) in [5, 5.41) is 8.13. The van der Waals surface area contributed by atoms with Crippen molar-refractivity contribution in [1.82, 2.24) is 10.7 Å². The summed E-state index contributed by atoms with van der Waals surface area (Å²) in [6, 6.07) is 13.1. The summed E-state index contributed by atoms with van der Waals surface area (Å²) in [5.74, 6) is 1.20. The Labute approximate surface area is 163 Å². The van der Waals surface area contributed by atoms with E-state index in [1.807, 2.05) is 42.5 Å². The zero-order valence-electron chi connectivity index (χ0n) is 14.4. The van der Waals surface area contributed by atoms with Gasteiger partial charge in [-0.15, -0.1) is 6.58 Å². The van der Waals surface area contributed by atoms with Crippen molar-refractivity contribution in [2.75, 3.05) is 13.7 Å². The topological polar surface area (TPSA) is 54.9 Å². The van der Waals surface area contributed by atoms with Crippen molar-refractivity contribution in [2.45, 2.75) is 6.61 Å². The van der Waals surface area contributed by atoms with Crippen molar-refractivity contribution in [3.8, 4) is 11.5 Å². The number of halogens is 1. The van der Waals surface area contributed by atoms with Crippen LogP contribution < -0.4 is 20.2 Å². The van der Waals surface area contributed by atoms with E-state index in [9.17, 15) is 0 Å². The van der Waals surface area contributed by atoms with Crippen LogP contribution in [0, 0.1) is 0 Å². The lowest BCUT2D eigenvalue weighted by Gasteiger charge is -2.13. The molecule has 2 aromatic carbocycles. The summed E-state index contributed by atoms with van der Waals surface area (Å²) < 4.78 is 11.4. The fraction of sp³-hybridized carbons (Fsp3) is 0.158. The van der Waals surface area contributed by atoms with E-state index in [0.29, 0.717) is 34.8 Å². The zero-order chi connectivity index (χ0) is 18.8. The molecule has 0 aromatic heterocycles. The van der Waals surface area contributed by atoms with Gasteiger partial charge in [0.25, 0.3) is 0 Å². The zero-order valence-corrected chi connectivity index (χ0v) is 15.9. The largest absolute Gasteiger partial charge is 0.493 e. The van der Waals surface area contributed by atoms with Crippen LogP contribution in [0.2, 0.25) is 5.02 Å². The number of hydrogen-bond acceptors (Lipinski definition) is 4. The molecule has 0 aliphatic heterocycles. The SMILES string of the molecule is C=CCNC(=S)NN=Cc1cccc(OC)c1OCc1cccc(Cl)c1. The number of nitrogens with zero attached hydrogens (tertiary/aromatic N) is 1. The molecule has 0 saturated heterocycles. The normalized spacial score (nSPS) is 10.4. The molecule has 0 radical (unpaired) electrons. The van der Waals surface area contributed by atoms with Crippen molar-refractivity contribution in [3.63, 3.8) is 0 Å². The number of ether oxygens (including phenoxy) is 2. The van der Waals surface area contributed by atoms with Crippen LogP contribution in [0.25, 0.3) is 0 Å². The molecule has 0 unspecified atom stereocenters. The van der Waals surface area contributed by atoms with Crippen molar-refractivity contribution in [3.05, 3.63) is 71.3 Å². The minimum atomic E-state index is 0.356. The monoisotopic (exact) mass is 389 g/mol. The smallest absolute Gasteiger partial charge is 0.187 e. The minimum absolute atomic E-state index is 0.356. The third-order valence-corrected chi connectivity index (χ3v) is 3.75. The highest BCUT2D eigenvalue weighted by Gasteiger charge is 2.10. The van der Waals surface area contributed by atoms with Crippen LogP contribution in [0.3, 0.4) is 0 Å². The lowest BCUT2D eigenvalue weighted by atomic mass is 10.2. The molecule has 136 valence electrons. The Morgan fingerprint density at radius 2 is 2.12 bits per heavy atom. The Balaban J connectivity index is 2.11. The Morgan fingerprint density at radius 1 is 1.31 bits per heavy atom. The Kier molecular flexibility index (Phi) is 7.92. The number of nitrogens with one attached hydrogen (secondary N) is 2. The molecule has 2 aromatic rings. The summed E-state index contributed by atoms with van der Waals surface area (Å²) in [4.78, 5) is 0. The van der Waals surface area contributed by atoms with Crippen molar-refractivity contribution >= 4 is 35.1 Å². The molecule has 0 aliphatic rings. The first kappa shape index (κ1) is 19.8. The number of hydrogen-bond donors (Lipinski definition) is 2. The van der Waals surface area contributed by atoms with Gasteiger partial charge in [0, 0.05) is 17.1 Å². The second kappa shape index (κ2) is 10.4. The summed E-state index contributed by atoms with van der Waals surface area (Å²) in [7, 11) is 1.59. The van der Waals surface area contributed by atoms with Gasteiger partial charge in [-0.05, 0) is 42.0 Å². The first-order valence-corrected chi connectivity index (χ1v) is 8.64. The van der Waals surface area contributed by atoms with Gasteiger partial charge in [-0.1, -0.05) is 35.9 Å². The number of para-hydroxylation sites is 1. The van der Waals surface area contributed by atoms with Crippen LogP contribution in [-0.2, 0) is 6.61 Å². The van der Waals surface area contributed by atoms with Gasteiger partial charge >= 0.3 is 0 Å². The van der Waals surface area contributed by atoms with E-state index in [-0.39, 0.29) is 0 Å². The molecule has 0 atom stereocenters. The molecule has 2 N–H and O–H groups in total. The molecule has 7 heteroatoms. The van der Waals surface area contributed by atoms with Gasteiger partial charge in [0.05, 0.1) is 13.3 Å². The van der Waals surface area contributed by atoms with Crippen LogP contribution >= 0.6 is 23.8 Å². The molecule has 0 bridgehead atoms. The molecule has 2 rings (SSSR count). The first-order chi connectivity index (χ1) is 12.6. The van der Waals surface area contributed by atoms with Crippen molar-refractivity contribution in [2.24, 2.45) is 5.10 Å². The third-order valence-electron chi connectivity index (χ3n) is 3.28. The molecule has 0 heterocycles. The highest BCUT2D eigenvalue weighted by Crippen LogP contribution is 2.31. The van der Waals surface area contributed by atoms with E-state index in [4.69, 9.17) is 33.3 Å². The van der Waals surface area contributed by atoms with Gasteiger partial charge in [-0.3, -0.25) is 5.43 Å². The van der Waals surface area contributed by atoms with Gasteiger partial charge in [0.2, 0.25) is 0 Å². The molecule has 0 amide bonds. The maximum atomic E-state index is 6.02. The molecule has 26 heavy (non-hydrogen) atoms. The van der Waals surface area contributed by atoms with E-state index >= 15 is 0 Å². The lowest BCUT2D eigenvalue weighted by molar-refractivity contribution is 0.284. The van der Waals surface area contributed by atoms with Gasteiger partial charge in [-0.25, -0.2) is 0 Å². The van der Waals surface area contributed by atoms with E-state index in [1.54, 1.807) is 19.4 Å². The number of rotatable bonds is 8. The minimum Gasteiger partial charge on any atom is -0.493 e. The highest BCUT2D eigenvalue weighted by molar-refractivity contribution is 7.80. The molecule has 0 saturated carbocycles. The fourth-order valence-electron chi connectivity index (χ4n) is 2.10. The van der Waals surface area contributed by atoms with Crippen LogP contribution in [0.4, 0.5) is 0 Å². The predicted molar refractivity (Wildman–Crippen MR) is 110 cm³/mol. The summed E-state index contributed by atoms with van der Waals surface area (Å²) in [5.41, 5.74) is 4.45. The first-order valence-electron chi connectivity index (χ1n) is 7.86. The second-order valence-electron chi connectivity index (χ2n) is 5.17. The summed E-state index contributed by atoms with van der Waals surface area (Å²) in [6.07, 6.45) is 3.33. The predicted octanol–water partition coefficient (Wildman–Crippen LogP) is 3.91. The van der Waals surface area contributed by atoms with Gasteiger partial charge in [-0.2, -0.15) is 5.10 Å². The van der Waals surface area contributed by atoms with Crippen LogP contribution in [-0.4, -0.2) is 25.0 Å². The molecule has 0 spiro atoms. The summed E-state index contributed by atoms with van der Waals surface area (Å²) in [6.45, 7) is 4.53. The number of methoxy groups -OCH3 is 1. The maximum absolute atomic E-state index is 6.02. The van der Waals surface area contributed by atoms with E-state index in [0.717, 1.165) is 11.1 Å². The summed E-state index contributed by atoms with van der Waals surface area (Å²) >= 11 is 11.1. The average molecular weight is 390 g/mol. The molecule has 5 nitrogen and oxygen atoms in total. The number of benzene rings is 2. The number of hydrazone groups is 1. The Bertz CT molecular complexity index is 796. The number of thiocarbonyl (C=S) groups is 1. The van der Waals surface area contributed by atoms with E-state index in [1.165, 1.54) is 0 Å². The van der Waals surface area contributed by atoms with E-state index in [2.05, 4.69) is 22.4 Å². The second-order valence-corrected chi connectivity index (χ2v) is 6.01. The Hall–Kier alpha value is -2.57. The quantitative estimate of drug-likeness (QED) is 0.310. The Morgan fingerprint density at radius 3 is 2.85 bits per heavy atom. The molecular weight excluding hydrogens is 370 g/mol. The van der Waals surface area contributed by atoms with Crippen LogP contribution in [0.15, 0.2) is 60.2 Å². The van der Waals surface area contributed by atoms with Crippen molar-refractivity contribution < 1.29 is 9.47 Å². The van der Waals surface area contributed by atoms with Crippen LogP contribution in [0.5, 0.6) is 11.5 Å². The maximum Gasteiger partial charge on any atom is 0.187 e. The molecular formula is C19H20ClN3O2S. The van der Waals surface area contributed by atoms with Gasteiger partial charge in [0.15, 0.2) is 16.6 Å². The van der Waals surface area contributed by atoms with Crippen LogP contribution in [0.1, 0.15) is 11.1 Å². The molecule has 0 aliphatic carbocycles. The van der Waals surface area contributed by atoms with Crippen molar-refractivity contribution in [1.29, 1.82) is 0 Å². The van der Waals surface area contributed by atoms with Gasteiger partial charge in [0.1, 0.15) is 6.61 Å². The third kappa shape index (κ3) is 6.06. The molecule has 0 fully saturated rings. The lowest BCUT2D eigenvalue weighted by Crippen LogP contribution is -2.31.